The van der Waals surface area contributed by atoms with E-state index in [-0.39, 0.29) is 24.5 Å². The van der Waals surface area contributed by atoms with Crippen LogP contribution in [-0.4, -0.2) is 24.6 Å². The molecule has 4 rings (SSSR count). The standard InChI is InChI=1S/C27H21ClFN3O3/c28-24-8-4-3-7-22(24)27(34)30-16-26(33)32-31-15-23-21-6-2-1-5-19(21)11-14-25(23)35-17-18-9-12-20(29)13-10-18/h1-15H,16-17H2,(H,30,34)(H,32,33). The van der Waals surface area contributed by atoms with Gasteiger partial charge in [0, 0.05) is 5.56 Å². The Bertz CT molecular complexity index is 1390. The summed E-state index contributed by atoms with van der Waals surface area (Å²) in [5, 5.41) is 8.72. The van der Waals surface area contributed by atoms with E-state index in [4.69, 9.17) is 16.3 Å². The lowest BCUT2D eigenvalue weighted by molar-refractivity contribution is -0.120. The Hall–Kier alpha value is -4.23. The highest BCUT2D eigenvalue weighted by molar-refractivity contribution is 6.33. The van der Waals surface area contributed by atoms with Crippen LogP contribution < -0.4 is 15.5 Å². The molecule has 4 aromatic rings. The van der Waals surface area contributed by atoms with Gasteiger partial charge in [-0.25, -0.2) is 9.82 Å². The number of fused-ring (bicyclic) bond motifs is 1. The van der Waals surface area contributed by atoms with Gasteiger partial charge in [-0.2, -0.15) is 5.10 Å². The van der Waals surface area contributed by atoms with Crippen molar-refractivity contribution >= 4 is 40.4 Å². The first-order chi connectivity index (χ1) is 17.0. The van der Waals surface area contributed by atoms with Gasteiger partial charge in [0.15, 0.2) is 0 Å². The van der Waals surface area contributed by atoms with Crippen molar-refractivity contribution in [3.8, 4) is 5.75 Å². The van der Waals surface area contributed by atoms with Crippen molar-refractivity contribution in [1.82, 2.24) is 10.7 Å². The smallest absolute Gasteiger partial charge is 0.259 e. The molecule has 0 bridgehead atoms. The predicted molar refractivity (Wildman–Crippen MR) is 134 cm³/mol. The maximum absolute atomic E-state index is 13.2. The molecule has 0 unspecified atom stereocenters. The van der Waals surface area contributed by atoms with Gasteiger partial charge < -0.3 is 10.1 Å². The van der Waals surface area contributed by atoms with Gasteiger partial charge >= 0.3 is 0 Å². The maximum atomic E-state index is 13.2. The van der Waals surface area contributed by atoms with E-state index >= 15 is 0 Å². The van der Waals surface area contributed by atoms with Crippen molar-refractivity contribution in [1.29, 1.82) is 0 Å². The van der Waals surface area contributed by atoms with Crippen LogP contribution in [0.3, 0.4) is 0 Å². The Balaban J connectivity index is 1.44. The van der Waals surface area contributed by atoms with Gasteiger partial charge in [-0.1, -0.05) is 66.2 Å². The van der Waals surface area contributed by atoms with E-state index < -0.39 is 11.8 Å². The summed E-state index contributed by atoms with van der Waals surface area (Å²) in [7, 11) is 0. The van der Waals surface area contributed by atoms with E-state index in [2.05, 4.69) is 15.8 Å². The second kappa shape index (κ2) is 11.3. The van der Waals surface area contributed by atoms with Gasteiger partial charge in [-0.3, -0.25) is 9.59 Å². The number of benzene rings is 4. The van der Waals surface area contributed by atoms with Crippen LogP contribution in [0, 0.1) is 5.82 Å². The molecule has 0 spiro atoms. The number of carbonyl (C=O) groups is 2. The van der Waals surface area contributed by atoms with Crippen LogP contribution in [0.25, 0.3) is 10.8 Å². The molecule has 0 radical (unpaired) electrons. The number of carbonyl (C=O) groups excluding carboxylic acids is 2. The van der Waals surface area contributed by atoms with Gasteiger partial charge in [0.1, 0.15) is 18.2 Å². The van der Waals surface area contributed by atoms with Gasteiger partial charge in [0.2, 0.25) is 0 Å². The number of amides is 2. The number of nitrogens with one attached hydrogen (secondary N) is 2. The minimum atomic E-state index is -0.504. The summed E-state index contributed by atoms with van der Waals surface area (Å²) in [5.41, 5.74) is 4.17. The molecule has 0 saturated heterocycles. The molecule has 0 aliphatic carbocycles. The van der Waals surface area contributed by atoms with Crippen LogP contribution in [0.15, 0.2) is 90.0 Å². The quantitative estimate of drug-likeness (QED) is 0.267. The summed E-state index contributed by atoms with van der Waals surface area (Å²) in [4.78, 5) is 24.4. The molecular formula is C27H21ClFN3O3. The lowest BCUT2D eigenvalue weighted by Gasteiger charge is -2.12. The van der Waals surface area contributed by atoms with E-state index in [1.165, 1.54) is 18.3 Å². The lowest BCUT2D eigenvalue weighted by atomic mass is 10.0. The van der Waals surface area contributed by atoms with E-state index in [9.17, 15) is 14.0 Å². The third-order valence-electron chi connectivity index (χ3n) is 5.15. The molecule has 0 aliphatic heterocycles. The Morgan fingerprint density at radius 3 is 2.49 bits per heavy atom. The van der Waals surface area contributed by atoms with Crippen LogP contribution in [0.4, 0.5) is 4.39 Å². The van der Waals surface area contributed by atoms with Gasteiger partial charge in [-0.05, 0) is 46.7 Å². The Morgan fingerprint density at radius 2 is 1.69 bits per heavy atom. The zero-order chi connectivity index (χ0) is 24.6. The first kappa shape index (κ1) is 23.9. The van der Waals surface area contributed by atoms with Gasteiger partial charge in [-0.15, -0.1) is 0 Å². The fourth-order valence-corrected chi connectivity index (χ4v) is 3.61. The zero-order valence-corrected chi connectivity index (χ0v) is 19.3. The molecule has 0 aromatic heterocycles. The largest absolute Gasteiger partial charge is 0.488 e. The molecule has 8 heteroatoms. The fourth-order valence-electron chi connectivity index (χ4n) is 3.39. The molecule has 0 aliphatic rings. The van der Waals surface area contributed by atoms with Crippen molar-refractivity contribution < 1.29 is 18.7 Å². The molecular weight excluding hydrogens is 469 g/mol. The number of hydrogen-bond acceptors (Lipinski definition) is 4. The SMILES string of the molecule is O=C(CNC(=O)c1ccccc1Cl)NN=Cc1c(OCc2ccc(F)cc2)ccc2ccccc12. The van der Waals surface area contributed by atoms with Crippen molar-refractivity contribution in [2.24, 2.45) is 5.10 Å². The summed E-state index contributed by atoms with van der Waals surface area (Å²) in [6.07, 6.45) is 1.50. The van der Waals surface area contributed by atoms with Crippen LogP contribution in [0.1, 0.15) is 21.5 Å². The number of hydrogen-bond donors (Lipinski definition) is 2. The predicted octanol–water partition coefficient (Wildman–Crippen LogP) is 5.09. The summed E-state index contributed by atoms with van der Waals surface area (Å²) < 4.78 is 19.1. The molecule has 4 aromatic carbocycles. The highest BCUT2D eigenvalue weighted by Gasteiger charge is 2.11. The van der Waals surface area contributed by atoms with Crippen molar-refractivity contribution in [3.05, 3.63) is 112 Å². The molecule has 0 heterocycles. The molecule has 2 N–H and O–H groups in total. The lowest BCUT2D eigenvalue weighted by Crippen LogP contribution is -2.35. The van der Waals surface area contributed by atoms with Crippen LogP contribution in [0.2, 0.25) is 5.02 Å². The molecule has 35 heavy (non-hydrogen) atoms. The summed E-state index contributed by atoms with van der Waals surface area (Å²) >= 11 is 6.01. The second-order valence-electron chi connectivity index (χ2n) is 7.57. The summed E-state index contributed by atoms with van der Waals surface area (Å²) in [6.45, 7) is -0.0370. The van der Waals surface area contributed by atoms with E-state index in [1.54, 1.807) is 36.4 Å². The molecule has 0 saturated carbocycles. The van der Waals surface area contributed by atoms with Crippen LogP contribution in [0.5, 0.6) is 5.75 Å². The Morgan fingerprint density at radius 1 is 0.943 bits per heavy atom. The second-order valence-corrected chi connectivity index (χ2v) is 7.98. The van der Waals surface area contributed by atoms with Gasteiger partial charge in [0.25, 0.3) is 11.8 Å². The Kier molecular flexibility index (Phi) is 7.70. The van der Waals surface area contributed by atoms with Crippen molar-refractivity contribution in [2.45, 2.75) is 6.61 Å². The van der Waals surface area contributed by atoms with Crippen LogP contribution >= 0.6 is 11.6 Å². The number of nitrogens with zero attached hydrogens (tertiary/aromatic N) is 1. The average molecular weight is 490 g/mol. The number of ether oxygens (including phenoxy) is 1. The molecule has 0 fully saturated rings. The first-order valence-electron chi connectivity index (χ1n) is 10.7. The average Bonchev–Trinajstić information content (AvgIpc) is 2.87. The minimum Gasteiger partial charge on any atom is -0.488 e. The summed E-state index contributed by atoms with van der Waals surface area (Å²) in [5.74, 6) is -0.722. The zero-order valence-electron chi connectivity index (χ0n) is 18.5. The third kappa shape index (κ3) is 6.22. The number of hydrazone groups is 1. The monoisotopic (exact) mass is 489 g/mol. The normalized spacial score (nSPS) is 10.9. The minimum absolute atomic E-state index is 0.236. The highest BCUT2D eigenvalue weighted by atomic mass is 35.5. The molecule has 0 atom stereocenters. The maximum Gasteiger partial charge on any atom is 0.259 e. The Labute approximate surface area is 206 Å². The van der Waals surface area contributed by atoms with E-state index in [0.29, 0.717) is 16.3 Å². The van der Waals surface area contributed by atoms with Crippen molar-refractivity contribution in [2.75, 3.05) is 6.54 Å². The van der Waals surface area contributed by atoms with Crippen molar-refractivity contribution in [3.63, 3.8) is 0 Å². The summed E-state index contributed by atoms with van der Waals surface area (Å²) in [6, 6.07) is 24.1. The molecule has 2 amide bonds. The first-order valence-corrected chi connectivity index (χ1v) is 11.1. The van der Waals surface area contributed by atoms with Crippen LogP contribution in [-0.2, 0) is 11.4 Å². The fraction of sp³-hybridized carbons (Fsp3) is 0.0741. The van der Waals surface area contributed by atoms with Gasteiger partial charge in [0.05, 0.1) is 23.3 Å². The number of halogens is 2. The molecule has 176 valence electrons. The third-order valence-corrected chi connectivity index (χ3v) is 5.48. The van der Waals surface area contributed by atoms with E-state index in [0.717, 1.165) is 16.3 Å². The molecule has 6 nitrogen and oxygen atoms in total. The number of rotatable bonds is 8. The van der Waals surface area contributed by atoms with E-state index in [1.807, 2.05) is 36.4 Å². The highest BCUT2D eigenvalue weighted by Crippen LogP contribution is 2.27. The topological polar surface area (TPSA) is 79.8 Å².